The average molecular weight is 588 g/mol. The van der Waals surface area contributed by atoms with E-state index < -0.39 is 0 Å². The van der Waals surface area contributed by atoms with E-state index in [1.54, 1.807) is 11.3 Å². The van der Waals surface area contributed by atoms with Crippen molar-refractivity contribution in [2.24, 2.45) is 0 Å². The van der Waals surface area contributed by atoms with E-state index in [1.165, 1.54) is 70.6 Å². The molecule has 0 radical (unpaired) electrons. The Morgan fingerprint density at radius 2 is 1.54 bits per heavy atom. The van der Waals surface area contributed by atoms with Crippen molar-refractivity contribution in [1.29, 1.82) is 0 Å². The van der Waals surface area contributed by atoms with Gasteiger partial charge in [0.25, 0.3) is 5.91 Å². The van der Waals surface area contributed by atoms with Crippen LogP contribution in [0, 0.1) is 0 Å². The third kappa shape index (κ3) is 12.8. The highest BCUT2D eigenvalue weighted by molar-refractivity contribution is 7.07. The summed E-state index contributed by atoms with van der Waals surface area (Å²) in [4.78, 5) is 12.8. The quantitative estimate of drug-likeness (QED) is 0.160. The maximum atomic E-state index is 12.8. The number of ether oxygens (including phenoxy) is 1. The summed E-state index contributed by atoms with van der Waals surface area (Å²) in [6, 6.07) is 15.5. The Morgan fingerprint density at radius 3 is 2.22 bits per heavy atom. The van der Waals surface area contributed by atoms with Crippen LogP contribution < -0.4 is 31.6 Å². The molecule has 1 amide bonds. The monoisotopic (exact) mass is 586 g/mol. The van der Waals surface area contributed by atoms with Gasteiger partial charge in [0.1, 0.15) is 5.75 Å². The zero-order valence-corrected chi connectivity index (χ0v) is 24.7. The number of aromatic nitrogens is 1. The first-order valence-corrected chi connectivity index (χ1v) is 14.7. The van der Waals surface area contributed by atoms with E-state index in [2.05, 4.69) is 40.0 Å². The van der Waals surface area contributed by atoms with Gasteiger partial charge in [0.2, 0.25) is 5.51 Å². The smallest absolute Gasteiger partial charge is 0.255 e. The molecule has 0 saturated heterocycles. The number of benzene rings is 2. The Bertz CT molecular complexity index is 1010. The van der Waals surface area contributed by atoms with E-state index in [-0.39, 0.29) is 22.9 Å². The number of hydrogen-bond donors (Lipinski definition) is 1. The number of amides is 1. The van der Waals surface area contributed by atoms with Crippen molar-refractivity contribution in [3.8, 4) is 5.75 Å². The van der Waals surface area contributed by atoms with E-state index in [1.807, 2.05) is 42.5 Å². The summed E-state index contributed by atoms with van der Waals surface area (Å²) in [5.74, 6) is 0.638. The number of carbonyl (C=O) groups excluding carboxylic acids is 1. The number of thiazole rings is 1. The van der Waals surface area contributed by atoms with Crippen molar-refractivity contribution in [2.45, 2.75) is 90.5 Å². The average Bonchev–Trinajstić information content (AvgIpc) is 3.40. The molecule has 4 nitrogen and oxygen atoms in total. The maximum Gasteiger partial charge on any atom is 0.255 e. The molecule has 0 fully saturated rings. The Labute approximate surface area is 238 Å². The first-order valence-electron chi connectivity index (χ1n) is 13.8. The van der Waals surface area contributed by atoms with Gasteiger partial charge in [0, 0.05) is 16.8 Å². The van der Waals surface area contributed by atoms with E-state index in [0.717, 1.165) is 30.0 Å². The lowest BCUT2D eigenvalue weighted by Gasteiger charge is -2.09. The van der Waals surface area contributed by atoms with Gasteiger partial charge in [-0.3, -0.25) is 4.79 Å². The predicted octanol–water partition coefficient (Wildman–Crippen LogP) is 5.42. The summed E-state index contributed by atoms with van der Waals surface area (Å²) < 4.78 is 8.06. The number of hydrogen-bond acceptors (Lipinski definition) is 3. The second kappa shape index (κ2) is 19.0. The Balaban J connectivity index is 0.00000481. The van der Waals surface area contributed by atoms with Crippen molar-refractivity contribution >= 4 is 22.9 Å². The van der Waals surface area contributed by atoms with Crippen LogP contribution in [0.1, 0.15) is 99.9 Å². The summed E-state index contributed by atoms with van der Waals surface area (Å²) in [6.07, 6.45) is 18.0. The number of rotatable bonds is 18. The minimum Gasteiger partial charge on any atom is -1.00 e. The van der Waals surface area contributed by atoms with Crippen LogP contribution in [0.5, 0.6) is 5.75 Å². The predicted molar refractivity (Wildman–Crippen MR) is 151 cm³/mol. The fourth-order valence-corrected chi connectivity index (χ4v) is 4.97. The highest BCUT2D eigenvalue weighted by Crippen LogP contribution is 2.18. The molecule has 202 valence electrons. The Morgan fingerprint density at radius 1 is 0.865 bits per heavy atom. The minimum absolute atomic E-state index is 0. The van der Waals surface area contributed by atoms with E-state index >= 15 is 0 Å². The Kier molecular flexibility index (Phi) is 15.9. The fraction of sp³-hybridized carbons (Fsp3) is 0.484. The molecular formula is C31H43BrN2O2S. The van der Waals surface area contributed by atoms with E-state index in [9.17, 15) is 4.79 Å². The highest BCUT2D eigenvalue weighted by Gasteiger charge is 2.09. The fourth-order valence-electron chi connectivity index (χ4n) is 4.37. The van der Waals surface area contributed by atoms with Gasteiger partial charge in [-0.1, -0.05) is 107 Å². The highest BCUT2D eigenvalue weighted by atomic mass is 79.9. The minimum atomic E-state index is -0.119. The van der Waals surface area contributed by atoms with Gasteiger partial charge in [-0.25, -0.2) is 0 Å². The lowest BCUT2D eigenvalue weighted by molar-refractivity contribution is -0.683. The van der Waals surface area contributed by atoms with E-state index in [0.29, 0.717) is 12.2 Å². The SMILES string of the molecule is CCCCCCCCCCCCCCOc1cccc(C(=O)Nc2cccc(C[n+]3ccsc3)c2)c1.[Br-]. The molecule has 2 aromatic carbocycles. The van der Waals surface area contributed by atoms with Crippen LogP contribution >= 0.6 is 11.3 Å². The van der Waals surface area contributed by atoms with Gasteiger partial charge in [-0.05, 0) is 36.8 Å². The normalized spacial score (nSPS) is 10.6. The number of nitrogens with one attached hydrogen (secondary N) is 1. The summed E-state index contributed by atoms with van der Waals surface area (Å²) in [7, 11) is 0. The lowest BCUT2D eigenvalue weighted by atomic mass is 10.1. The summed E-state index contributed by atoms with van der Waals surface area (Å²) >= 11 is 1.67. The third-order valence-corrected chi connectivity index (χ3v) is 7.11. The molecule has 37 heavy (non-hydrogen) atoms. The van der Waals surface area contributed by atoms with Crippen LogP contribution in [0.4, 0.5) is 5.69 Å². The molecule has 3 rings (SSSR count). The van der Waals surface area contributed by atoms with Crippen LogP contribution in [0.3, 0.4) is 0 Å². The van der Waals surface area contributed by atoms with Crippen molar-refractivity contribution in [2.75, 3.05) is 11.9 Å². The van der Waals surface area contributed by atoms with Crippen molar-refractivity contribution in [3.05, 3.63) is 76.7 Å². The number of unbranched alkanes of at least 4 members (excludes halogenated alkanes) is 11. The molecule has 1 aromatic heterocycles. The standard InChI is InChI=1S/C31H42N2O2S.BrH/c1-2-3-4-5-6-7-8-9-10-11-12-13-21-35-30-19-15-17-28(24-30)31(34)32-29-18-14-16-27(23-29)25-33-20-22-36-26-33;/h14-20,22-24,26H,2-13,21,25H2,1H3;1H. The number of halogens is 1. The van der Waals surface area contributed by atoms with Gasteiger partial charge < -0.3 is 27.0 Å². The lowest BCUT2D eigenvalue weighted by Crippen LogP contribution is -3.00. The third-order valence-electron chi connectivity index (χ3n) is 6.44. The number of carbonyl (C=O) groups is 1. The number of anilines is 1. The van der Waals surface area contributed by atoms with Gasteiger partial charge in [0.05, 0.1) is 12.0 Å². The Hall–Kier alpha value is -2.18. The molecule has 0 aliphatic carbocycles. The van der Waals surface area contributed by atoms with Crippen molar-refractivity contribution in [1.82, 2.24) is 0 Å². The molecule has 0 aliphatic heterocycles. The second-order valence-electron chi connectivity index (χ2n) is 9.62. The summed E-state index contributed by atoms with van der Waals surface area (Å²) in [5.41, 5.74) is 4.64. The summed E-state index contributed by atoms with van der Waals surface area (Å²) in [6.45, 7) is 3.76. The van der Waals surface area contributed by atoms with Gasteiger partial charge in [-0.2, -0.15) is 4.57 Å². The molecule has 3 aromatic rings. The van der Waals surface area contributed by atoms with E-state index in [4.69, 9.17) is 4.74 Å². The first-order chi connectivity index (χ1) is 17.7. The molecule has 1 heterocycles. The van der Waals surface area contributed by atoms with Crippen LogP contribution in [-0.4, -0.2) is 12.5 Å². The maximum absolute atomic E-state index is 12.8. The van der Waals surface area contributed by atoms with Crippen molar-refractivity contribution < 1.29 is 31.1 Å². The van der Waals surface area contributed by atoms with Crippen LogP contribution in [0.25, 0.3) is 0 Å². The number of nitrogens with zero attached hydrogens (tertiary/aromatic N) is 1. The molecule has 0 bridgehead atoms. The van der Waals surface area contributed by atoms with Crippen molar-refractivity contribution in [3.63, 3.8) is 0 Å². The molecule has 0 aliphatic rings. The second-order valence-corrected chi connectivity index (χ2v) is 10.4. The molecule has 1 N–H and O–H groups in total. The molecule has 6 heteroatoms. The topological polar surface area (TPSA) is 42.2 Å². The zero-order valence-electron chi connectivity index (χ0n) is 22.3. The van der Waals surface area contributed by atoms with Crippen LogP contribution in [0.15, 0.2) is 65.6 Å². The largest absolute Gasteiger partial charge is 1.00 e. The molecule has 0 spiro atoms. The van der Waals surface area contributed by atoms with Gasteiger partial charge in [-0.15, -0.1) is 0 Å². The first kappa shape index (κ1) is 31.0. The molecule has 0 atom stereocenters. The molecular weight excluding hydrogens is 544 g/mol. The zero-order chi connectivity index (χ0) is 25.3. The molecule has 0 unspecified atom stereocenters. The summed E-state index contributed by atoms with van der Waals surface area (Å²) in [5, 5.41) is 5.08. The van der Waals surface area contributed by atoms with Crippen LogP contribution in [-0.2, 0) is 6.54 Å². The van der Waals surface area contributed by atoms with Crippen LogP contribution in [0.2, 0.25) is 0 Å². The van der Waals surface area contributed by atoms with Gasteiger partial charge in [0.15, 0.2) is 12.7 Å². The van der Waals surface area contributed by atoms with Gasteiger partial charge >= 0.3 is 0 Å². The molecule has 0 saturated carbocycles.